The first-order valence-electron chi connectivity index (χ1n) is 4.80. The van der Waals surface area contributed by atoms with Crippen LogP contribution in [0.25, 0.3) is 0 Å². The van der Waals surface area contributed by atoms with E-state index in [-0.39, 0.29) is 0 Å². The summed E-state index contributed by atoms with van der Waals surface area (Å²) in [6, 6.07) is 7.48. The van der Waals surface area contributed by atoms with Gasteiger partial charge in [0.05, 0.1) is 8.95 Å². The molecule has 0 radical (unpaired) electrons. The van der Waals surface area contributed by atoms with Gasteiger partial charge in [0, 0.05) is 10.4 Å². The molecule has 0 bridgehead atoms. The van der Waals surface area contributed by atoms with Crippen LogP contribution in [0, 0.1) is 0 Å². The first-order valence-corrected chi connectivity index (χ1v) is 7.26. The smallest absolute Gasteiger partial charge is 0.150 e. The summed E-state index contributed by atoms with van der Waals surface area (Å²) in [6.07, 6.45) is 0.804. The van der Waals surface area contributed by atoms with Crippen molar-refractivity contribution in [2.24, 2.45) is 0 Å². The second-order valence-electron chi connectivity index (χ2n) is 3.30. The third kappa shape index (κ3) is 3.18. The van der Waals surface area contributed by atoms with Gasteiger partial charge in [-0.3, -0.25) is 4.79 Å². The molecule has 1 heterocycles. The van der Waals surface area contributed by atoms with Crippen LogP contribution in [0.3, 0.4) is 0 Å². The Hall–Kier alpha value is -0.650. The maximum absolute atomic E-state index is 10.7. The number of benzene rings is 1. The average molecular weight is 376 g/mol. The van der Waals surface area contributed by atoms with Crippen LogP contribution in [0.2, 0.25) is 0 Å². The molecule has 0 aliphatic heterocycles. The quantitative estimate of drug-likeness (QED) is 0.726. The molecule has 0 atom stereocenters. The van der Waals surface area contributed by atoms with Crippen molar-refractivity contribution >= 4 is 49.5 Å². The van der Waals surface area contributed by atoms with E-state index >= 15 is 0 Å². The number of ether oxygens (including phenoxy) is 1. The van der Waals surface area contributed by atoms with Crippen molar-refractivity contribution in [3.05, 3.63) is 49.0 Å². The van der Waals surface area contributed by atoms with Gasteiger partial charge in [-0.1, -0.05) is 6.07 Å². The zero-order chi connectivity index (χ0) is 12.3. The van der Waals surface area contributed by atoms with Crippen molar-refractivity contribution in [1.82, 2.24) is 0 Å². The molecule has 0 aliphatic carbocycles. The molecule has 0 amide bonds. The predicted molar refractivity (Wildman–Crippen MR) is 75.9 cm³/mol. The summed E-state index contributed by atoms with van der Waals surface area (Å²) in [5, 5.41) is 2.01. The number of halogens is 2. The minimum Gasteiger partial charge on any atom is -0.486 e. The molecule has 2 aromatic rings. The molecule has 0 aliphatic rings. The monoisotopic (exact) mass is 374 g/mol. The predicted octanol–water partition coefficient (Wildman–Crippen LogP) is 4.66. The molecule has 0 fully saturated rings. The standard InChI is InChI=1S/C12H8Br2O2S/c13-10-4-8(6-15)5-11(14)12(10)16-7-9-2-1-3-17-9/h1-6H,7H2. The van der Waals surface area contributed by atoms with Crippen molar-refractivity contribution in [2.75, 3.05) is 0 Å². The minimum absolute atomic E-state index is 0.523. The molecule has 0 spiro atoms. The summed E-state index contributed by atoms with van der Waals surface area (Å²) < 4.78 is 7.25. The zero-order valence-corrected chi connectivity index (χ0v) is 12.6. The maximum Gasteiger partial charge on any atom is 0.150 e. The fourth-order valence-corrected chi connectivity index (χ4v) is 3.39. The molecule has 88 valence electrons. The van der Waals surface area contributed by atoms with E-state index in [1.807, 2.05) is 17.5 Å². The van der Waals surface area contributed by atoms with Crippen LogP contribution in [0.1, 0.15) is 15.2 Å². The molecule has 0 N–H and O–H groups in total. The number of hydrogen-bond donors (Lipinski definition) is 0. The second-order valence-corrected chi connectivity index (χ2v) is 6.04. The van der Waals surface area contributed by atoms with Gasteiger partial charge in [-0.05, 0) is 55.4 Å². The van der Waals surface area contributed by atoms with Gasteiger partial charge in [-0.25, -0.2) is 0 Å². The highest BCUT2D eigenvalue weighted by molar-refractivity contribution is 9.11. The zero-order valence-electron chi connectivity index (χ0n) is 8.65. The van der Waals surface area contributed by atoms with Gasteiger partial charge in [0.15, 0.2) is 0 Å². The Kier molecular flexibility index (Phi) is 4.36. The number of carbonyl (C=O) groups excluding carboxylic acids is 1. The highest BCUT2D eigenvalue weighted by Gasteiger charge is 2.09. The molecule has 2 nitrogen and oxygen atoms in total. The van der Waals surface area contributed by atoms with Crippen molar-refractivity contribution < 1.29 is 9.53 Å². The van der Waals surface area contributed by atoms with E-state index in [0.717, 1.165) is 20.1 Å². The number of aldehydes is 1. The van der Waals surface area contributed by atoms with Crippen LogP contribution in [-0.2, 0) is 6.61 Å². The third-order valence-electron chi connectivity index (χ3n) is 2.10. The van der Waals surface area contributed by atoms with Gasteiger partial charge in [0.25, 0.3) is 0 Å². The van der Waals surface area contributed by atoms with Crippen molar-refractivity contribution in [1.29, 1.82) is 0 Å². The lowest BCUT2D eigenvalue weighted by molar-refractivity contribution is 0.112. The lowest BCUT2D eigenvalue weighted by Gasteiger charge is -2.09. The Morgan fingerprint density at radius 1 is 1.29 bits per heavy atom. The molecule has 0 unspecified atom stereocenters. The summed E-state index contributed by atoms with van der Waals surface area (Å²) in [6.45, 7) is 0.523. The maximum atomic E-state index is 10.7. The van der Waals surface area contributed by atoms with Gasteiger partial charge in [0.1, 0.15) is 18.6 Å². The largest absolute Gasteiger partial charge is 0.486 e. The van der Waals surface area contributed by atoms with Crippen LogP contribution >= 0.6 is 43.2 Å². The van der Waals surface area contributed by atoms with E-state index < -0.39 is 0 Å². The fourth-order valence-electron chi connectivity index (χ4n) is 1.32. The van der Waals surface area contributed by atoms with Gasteiger partial charge in [-0.15, -0.1) is 11.3 Å². The molecule has 0 saturated carbocycles. The van der Waals surface area contributed by atoms with Gasteiger partial charge in [-0.2, -0.15) is 0 Å². The fraction of sp³-hybridized carbons (Fsp3) is 0.0833. The van der Waals surface area contributed by atoms with E-state index in [1.54, 1.807) is 23.5 Å². The lowest BCUT2D eigenvalue weighted by Crippen LogP contribution is -1.95. The van der Waals surface area contributed by atoms with Crippen LogP contribution in [-0.4, -0.2) is 6.29 Å². The van der Waals surface area contributed by atoms with Crippen LogP contribution in [0.4, 0.5) is 0 Å². The van der Waals surface area contributed by atoms with E-state index in [0.29, 0.717) is 17.9 Å². The normalized spacial score (nSPS) is 10.2. The van der Waals surface area contributed by atoms with Crippen molar-refractivity contribution in [2.45, 2.75) is 6.61 Å². The number of hydrogen-bond acceptors (Lipinski definition) is 3. The third-order valence-corrected chi connectivity index (χ3v) is 4.12. The minimum atomic E-state index is 0.523. The van der Waals surface area contributed by atoms with E-state index in [4.69, 9.17) is 4.74 Å². The van der Waals surface area contributed by atoms with Gasteiger partial charge >= 0.3 is 0 Å². The average Bonchev–Trinajstić information content (AvgIpc) is 2.80. The first kappa shape index (κ1) is 12.8. The van der Waals surface area contributed by atoms with E-state index in [9.17, 15) is 4.79 Å². The van der Waals surface area contributed by atoms with E-state index in [2.05, 4.69) is 31.9 Å². The summed E-state index contributed by atoms with van der Waals surface area (Å²) in [5.41, 5.74) is 0.604. The second kappa shape index (κ2) is 5.80. The Morgan fingerprint density at radius 2 is 2.00 bits per heavy atom. The number of carbonyl (C=O) groups is 1. The highest BCUT2D eigenvalue weighted by Crippen LogP contribution is 2.35. The Balaban J connectivity index is 2.18. The SMILES string of the molecule is O=Cc1cc(Br)c(OCc2cccs2)c(Br)c1. The molecular formula is C12H8Br2O2S. The van der Waals surface area contributed by atoms with Crippen LogP contribution < -0.4 is 4.74 Å². The van der Waals surface area contributed by atoms with Crippen molar-refractivity contribution in [3.8, 4) is 5.75 Å². The Morgan fingerprint density at radius 3 is 2.53 bits per heavy atom. The highest BCUT2D eigenvalue weighted by atomic mass is 79.9. The van der Waals surface area contributed by atoms with E-state index in [1.165, 1.54) is 0 Å². The molecule has 2 rings (SSSR count). The number of rotatable bonds is 4. The van der Waals surface area contributed by atoms with Gasteiger partial charge < -0.3 is 4.74 Å². The summed E-state index contributed by atoms with van der Waals surface area (Å²) in [4.78, 5) is 11.8. The molecule has 1 aromatic carbocycles. The Labute approximate surface area is 120 Å². The summed E-state index contributed by atoms with van der Waals surface area (Å²) in [5.74, 6) is 0.712. The molecule has 17 heavy (non-hydrogen) atoms. The molecule has 5 heteroatoms. The molecular weight excluding hydrogens is 368 g/mol. The van der Waals surface area contributed by atoms with Crippen LogP contribution in [0.15, 0.2) is 38.6 Å². The topological polar surface area (TPSA) is 26.3 Å². The lowest BCUT2D eigenvalue weighted by atomic mass is 10.2. The summed E-state index contributed by atoms with van der Waals surface area (Å²) >= 11 is 8.43. The Bertz CT molecular complexity index is 500. The summed E-state index contributed by atoms with van der Waals surface area (Å²) in [7, 11) is 0. The molecule has 1 aromatic heterocycles. The first-order chi connectivity index (χ1) is 8.20. The van der Waals surface area contributed by atoms with Gasteiger partial charge in [0.2, 0.25) is 0 Å². The molecule has 0 saturated heterocycles. The number of thiophene rings is 1. The van der Waals surface area contributed by atoms with Crippen molar-refractivity contribution in [3.63, 3.8) is 0 Å². The van der Waals surface area contributed by atoms with Crippen LogP contribution in [0.5, 0.6) is 5.75 Å².